The Balaban J connectivity index is 1.26. The van der Waals surface area contributed by atoms with Crippen molar-refractivity contribution >= 4 is 0 Å². The quantitative estimate of drug-likeness (QED) is 0.437. The van der Waals surface area contributed by atoms with Gasteiger partial charge in [-0.05, 0) is 35.4 Å². The summed E-state index contributed by atoms with van der Waals surface area (Å²) in [5.41, 5.74) is 1.99. The summed E-state index contributed by atoms with van der Waals surface area (Å²) >= 11 is 0. The zero-order valence-electron chi connectivity index (χ0n) is 17.7. The van der Waals surface area contributed by atoms with Crippen LogP contribution in [0.2, 0.25) is 0 Å². The fourth-order valence-corrected chi connectivity index (χ4v) is 3.23. The van der Waals surface area contributed by atoms with Gasteiger partial charge in [-0.1, -0.05) is 12.1 Å². The lowest BCUT2D eigenvalue weighted by molar-refractivity contribution is 0.208. The Hall–Kier alpha value is -2.52. The van der Waals surface area contributed by atoms with E-state index in [0.717, 1.165) is 43.3 Å². The van der Waals surface area contributed by atoms with Crippen molar-refractivity contribution in [2.75, 3.05) is 52.9 Å². The summed E-state index contributed by atoms with van der Waals surface area (Å²) in [7, 11) is 0. The highest BCUT2D eigenvalue weighted by atomic mass is 16.6. The molecule has 4 fully saturated rings. The molecule has 2 aromatic rings. The van der Waals surface area contributed by atoms with Crippen LogP contribution in [0, 0.1) is 0 Å². The molecular formula is C24H26O8. The van der Waals surface area contributed by atoms with Crippen LogP contribution >= 0.6 is 0 Å². The largest absolute Gasteiger partial charge is 0.491 e. The maximum absolute atomic E-state index is 6.09. The third kappa shape index (κ3) is 5.45. The predicted octanol–water partition coefficient (Wildman–Crippen LogP) is 2.46. The molecule has 0 saturated carbocycles. The van der Waals surface area contributed by atoms with Crippen LogP contribution in [0.4, 0.5) is 0 Å². The molecule has 4 unspecified atom stereocenters. The molecule has 2 aromatic carbocycles. The minimum atomic E-state index is 0.127. The highest BCUT2D eigenvalue weighted by Crippen LogP contribution is 2.43. The number of rotatable bonds is 13. The molecule has 4 saturated heterocycles. The van der Waals surface area contributed by atoms with E-state index in [1.807, 2.05) is 36.4 Å². The molecule has 8 nitrogen and oxygen atoms in total. The summed E-state index contributed by atoms with van der Waals surface area (Å²) in [6.45, 7) is 4.94. The monoisotopic (exact) mass is 442 g/mol. The van der Waals surface area contributed by atoms with Crippen LogP contribution in [-0.4, -0.2) is 77.3 Å². The minimum Gasteiger partial charge on any atom is -0.491 e. The molecule has 0 amide bonds. The van der Waals surface area contributed by atoms with Gasteiger partial charge in [0.1, 0.15) is 56.6 Å². The molecule has 0 aromatic heterocycles. The van der Waals surface area contributed by atoms with Crippen molar-refractivity contribution in [2.24, 2.45) is 0 Å². The average molecular weight is 442 g/mol. The number of benzene rings is 2. The Morgan fingerprint density at radius 2 is 1.00 bits per heavy atom. The molecule has 32 heavy (non-hydrogen) atoms. The molecule has 0 radical (unpaired) electrons. The van der Waals surface area contributed by atoms with Crippen LogP contribution in [0.15, 0.2) is 36.4 Å². The third-order valence-electron chi connectivity index (χ3n) is 5.52. The van der Waals surface area contributed by atoms with Gasteiger partial charge in [0, 0.05) is 0 Å². The van der Waals surface area contributed by atoms with E-state index in [9.17, 15) is 0 Å². The first-order valence-electron chi connectivity index (χ1n) is 11.1. The molecule has 0 aliphatic carbocycles. The number of hydrogen-bond acceptors (Lipinski definition) is 8. The molecular weight excluding hydrogens is 416 g/mol. The van der Waals surface area contributed by atoms with E-state index in [-0.39, 0.29) is 24.4 Å². The van der Waals surface area contributed by atoms with Crippen LogP contribution in [0.5, 0.6) is 23.0 Å². The van der Waals surface area contributed by atoms with Crippen molar-refractivity contribution in [1.82, 2.24) is 0 Å². The maximum atomic E-state index is 6.09. The minimum absolute atomic E-state index is 0.127. The number of epoxide rings is 4. The zero-order chi connectivity index (χ0) is 21.3. The Morgan fingerprint density at radius 1 is 0.562 bits per heavy atom. The molecule has 4 atom stereocenters. The summed E-state index contributed by atoms with van der Waals surface area (Å²) in [5, 5.41) is 0. The topological polar surface area (TPSA) is 87.0 Å². The van der Waals surface area contributed by atoms with Crippen LogP contribution in [0.1, 0.15) is 0 Å². The van der Waals surface area contributed by atoms with E-state index >= 15 is 0 Å². The summed E-state index contributed by atoms with van der Waals surface area (Å²) in [4.78, 5) is 0. The van der Waals surface area contributed by atoms with Crippen LogP contribution in [0.3, 0.4) is 0 Å². The van der Waals surface area contributed by atoms with E-state index in [1.165, 1.54) is 0 Å². The van der Waals surface area contributed by atoms with E-state index in [0.29, 0.717) is 43.7 Å². The second-order valence-corrected chi connectivity index (χ2v) is 8.39. The van der Waals surface area contributed by atoms with Crippen molar-refractivity contribution in [3.05, 3.63) is 36.4 Å². The lowest BCUT2D eigenvalue weighted by atomic mass is 10.0. The first kappa shape index (κ1) is 20.1. The van der Waals surface area contributed by atoms with Gasteiger partial charge in [-0.25, -0.2) is 0 Å². The lowest BCUT2D eigenvalue weighted by Crippen LogP contribution is -2.11. The highest BCUT2D eigenvalue weighted by molar-refractivity contribution is 5.71. The Kier molecular flexibility index (Phi) is 5.52. The molecule has 0 spiro atoms. The second-order valence-electron chi connectivity index (χ2n) is 8.39. The normalized spacial score (nSPS) is 26.9. The van der Waals surface area contributed by atoms with Gasteiger partial charge >= 0.3 is 0 Å². The maximum Gasteiger partial charge on any atom is 0.203 e. The smallest absolute Gasteiger partial charge is 0.203 e. The van der Waals surface area contributed by atoms with Gasteiger partial charge in [-0.3, -0.25) is 0 Å². The number of hydrogen-bond donors (Lipinski definition) is 0. The second kappa shape index (κ2) is 8.78. The van der Waals surface area contributed by atoms with Gasteiger partial charge in [0.05, 0.1) is 26.4 Å². The molecule has 6 rings (SSSR count). The van der Waals surface area contributed by atoms with Gasteiger partial charge in [-0.2, -0.15) is 0 Å². The molecule has 4 aliphatic heterocycles. The third-order valence-corrected chi connectivity index (χ3v) is 5.52. The van der Waals surface area contributed by atoms with Gasteiger partial charge in [0.2, 0.25) is 5.75 Å². The molecule has 170 valence electrons. The fraction of sp³-hybridized carbons (Fsp3) is 0.500. The van der Waals surface area contributed by atoms with Crippen molar-refractivity contribution < 1.29 is 37.9 Å². The van der Waals surface area contributed by atoms with Crippen molar-refractivity contribution in [1.29, 1.82) is 0 Å². The summed E-state index contributed by atoms with van der Waals surface area (Å²) < 4.78 is 45.1. The summed E-state index contributed by atoms with van der Waals surface area (Å²) in [6, 6.07) is 11.9. The average Bonchev–Trinajstić information content (AvgIpc) is 3.65. The lowest BCUT2D eigenvalue weighted by Gasteiger charge is -2.18. The Labute approximate surface area is 186 Å². The first-order chi connectivity index (χ1) is 15.8. The highest BCUT2D eigenvalue weighted by Gasteiger charge is 2.29. The van der Waals surface area contributed by atoms with Gasteiger partial charge < -0.3 is 37.9 Å². The standard InChI is InChI=1S/C24H26O8/c1-3-17(25-7-18-8-26-18)4-2-15(1)16-5-22(30-12-19-9-27-19)24(32-14-21-11-29-21)23(6-16)31-13-20-10-28-20/h1-6,18-21H,7-14H2. The molecule has 4 aliphatic rings. The van der Waals surface area contributed by atoms with Gasteiger partial charge in [0.25, 0.3) is 0 Å². The zero-order valence-corrected chi connectivity index (χ0v) is 17.7. The molecule has 0 bridgehead atoms. The Morgan fingerprint density at radius 3 is 1.47 bits per heavy atom. The number of ether oxygens (including phenoxy) is 8. The van der Waals surface area contributed by atoms with E-state index in [1.54, 1.807) is 0 Å². The van der Waals surface area contributed by atoms with E-state index in [2.05, 4.69) is 0 Å². The summed E-state index contributed by atoms with van der Waals surface area (Å²) in [5.74, 6) is 2.68. The van der Waals surface area contributed by atoms with Crippen LogP contribution < -0.4 is 18.9 Å². The Bertz CT molecular complexity index is 893. The first-order valence-corrected chi connectivity index (χ1v) is 11.1. The van der Waals surface area contributed by atoms with E-state index < -0.39 is 0 Å². The van der Waals surface area contributed by atoms with Crippen LogP contribution in [0.25, 0.3) is 11.1 Å². The predicted molar refractivity (Wildman–Crippen MR) is 113 cm³/mol. The van der Waals surface area contributed by atoms with Gasteiger partial charge in [0.15, 0.2) is 11.5 Å². The molecule has 8 heteroatoms. The SMILES string of the molecule is c1cc(-c2cc(OCC3CO3)c(OCC3CO3)c(OCC3CO3)c2)ccc1OCC1CO1. The molecule has 4 heterocycles. The van der Waals surface area contributed by atoms with Crippen molar-refractivity contribution in [3.63, 3.8) is 0 Å². The van der Waals surface area contributed by atoms with Crippen molar-refractivity contribution in [3.8, 4) is 34.1 Å². The fourth-order valence-electron chi connectivity index (χ4n) is 3.23. The van der Waals surface area contributed by atoms with E-state index in [4.69, 9.17) is 37.9 Å². The van der Waals surface area contributed by atoms with Crippen molar-refractivity contribution in [2.45, 2.75) is 24.4 Å². The molecule has 0 N–H and O–H groups in total. The summed E-state index contributed by atoms with van der Waals surface area (Å²) in [6.07, 6.45) is 0.625. The van der Waals surface area contributed by atoms with Crippen LogP contribution in [-0.2, 0) is 18.9 Å². The van der Waals surface area contributed by atoms with Gasteiger partial charge in [-0.15, -0.1) is 0 Å².